The van der Waals surface area contributed by atoms with Crippen LogP contribution < -0.4 is 10.1 Å². The number of sulfone groups is 1. The van der Waals surface area contributed by atoms with Crippen LogP contribution in [0.25, 0.3) is 0 Å². The van der Waals surface area contributed by atoms with E-state index in [1.54, 1.807) is 19.1 Å². The third kappa shape index (κ3) is 3.46. The van der Waals surface area contributed by atoms with Gasteiger partial charge in [0.05, 0.1) is 6.61 Å². The van der Waals surface area contributed by atoms with E-state index in [4.69, 9.17) is 9.47 Å². The normalized spacial score (nSPS) is 28.6. The summed E-state index contributed by atoms with van der Waals surface area (Å²) in [5, 5.41) is 2.11. The van der Waals surface area contributed by atoms with Gasteiger partial charge in [-0.1, -0.05) is 18.2 Å². The molecule has 106 valence electrons. The summed E-state index contributed by atoms with van der Waals surface area (Å²) in [5.74, 6) is -0.645. The van der Waals surface area contributed by atoms with Gasteiger partial charge in [-0.3, -0.25) is 5.32 Å². The molecule has 0 amide bonds. The highest BCUT2D eigenvalue weighted by Gasteiger charge is 2.45. The molecular formula is C13H19NO4S. The first-order chi connectivity index (χ1) is 8.92. The van der Waals surface area contributed by atoms with Crippen LogP contribution in [0.4, 0.5) is 0 Å². The first-order valence-corrected chi connectivity index (χ1v) is 8.17. The molecule has 6 heteroatoms. The number of hydrogen-bond acceptors (Lipinski definition) is 5. The molecule has 1 saturated heterocycles. The van der Waals surface area contributed by atoms with Crippen LogP contribution in [0.3, 0.4) is 0 Å². The monoisotopic (exact) mass is 285 g/mol. The Morgan fingerprint density at radius 2 is 2.05 bits per heavy atom. The summed E-state index contributed by atoms with van der Waals surface area (Å²) in [6, 6.07) is 9.09. The van der Waals surface area contributed by atoms with Gasteiger partial charge in [-0.25, -0.2) is 8.42 Å². The molecule has 1 heterocycles. The second-order valence-electron chi connectivity index (χ2n) is 4.80. The topological polar surface area (TPSA) is 64.6 Å². The summed E-state index contributed by atoms with van der Waals surface area (Å²) in [5.41, 5.74) is 0. The van der Waals surface area contributed by atoms with Gasteiger partial charge >= 0.3 is 0 Å². The van der Waals surface area contributed by atoms with Crippen LogP contribution in [0.2, 0.25) is 0 Å². The predicted octanol–water partition coefficient (Wildman–Crippen LogP) is 1.16. The first kappa shape index (κ1) is 14.3. The minimum absolute atomic E-state index is 0.461. The Bertz CT molecular complexity index is 517. The van der Waals surface area contributed by atoms with Crippen molar-refractivity contribution in [2.75, 3.05) is 19.4 Å². The molecular weight excluding hydrogens is 266 g/mol. The van der Waals surface area contributed by atoms with Gasteiger partial charge < -0.3 is 9.47 Å². The van der Waals surface area contributed by atoms with Gasteiger partial charge in [0.15, 0.2) is 15.2 Å². The van der Waals surface area contributed by atoms with Gasteiger partial charge in [0, 0.05) is 13.2 Å². The Morgan fingerprint density at radius 1 is 1.37 bits per heavy atom. The zero-order valence-electron chi connectivity index (χ0n) is 11.1. The Labute approximate surface area is 113 Å². The molecule has 0 bridgehead atoms. The SMILES string of the molecule is CC1(Oc2ccccc2)OCCCNC1S(C)(=O)=O. The van der Waals surface area contributed by atoms with Crippen molar-refractivity contribution < 1.29 is 17.9 Å². The van der Waals surface area contributed by atoms with Gasteiger partial charge in [-0.05, 0) is 25.1 Å². The number of rotatable bonds is 3. The van der Waals surface area contributed by atoms with Crippen LogP contribution in [0.5, 0.6) is 5.75 Å². The molecule has 2 atom stereocenters. The summed E-state index contributed by atoms with van der Waals surface area (Å²) in [6.45, 7) is 2.71. The Balaban J connectivity index is 2.30. The zero-order valence-corrected chi connectivity index (χ0v) is 11.9. The highest BCUT2D eigenvalue weighted by atomic mass is 32.2. The van der Waals surface area contributed by atoms with E-state index in [2.05, 4.69) is 5.32 Å². The Hall–Kier alpha value is -1.11. The molecule has 1 aliphatic rings. The van der Waals surface area contributed by atoms with Crippen molar-refractivity contribution in [2.24, 2.45) is 0 Å². The van der Waals surface area contributed by atoms with E-state index in [9.17, 15) is 8.42 Å². The Morgan fingerprint density at radius 3 is 2.68 bits per heavy atom. The van der Waals surface area contributed by atoms with Gasteiger partial charge in [0.1, 0.15) is 5.75 Å². The highest BCUT2D eigenvalue weighted by Crippen LogP contribution is 2.26. The molecule has 1 aliphatic heterocycles. The molecule has 2 rings (SSSR count). The number of hydrogen-bond donors (Lipinski definition) is 1. The van der Waals surface area contributed by atoms with Crippen molar-refractivity contribution in [3.05, 3.63) is 30.3 Å². The molecule has 2 unspecified atom stereocenters. The van der Waals surface area contributed by atoms with E-state index in [-0.39, 0.29) is 0 Å². The van der Waals surface area contributed by atoms with Crippen molar-refractivity contribution in [1.82, 2.24) is 5.32 Å². The molecule has 19 heavy (non-hydrogen) atoms. The fourth-order valence-electron chi connectivity index (χ4n) is 2.19. The molecule has 1 fully saturated rings. The van der Waals surface area contributed by atoms with Gasteiger partial charge in [-0.2, -0.15) is 0 Å². The van der Waals surface area contributed by atoms with Gasteiger partial charge in [0.25, 0.3) is 0 Å². The van der Waals surface area contributed by atoms with Crippen molar-refractivity contribution >= 4 is 9.84 Å². The summed E-state index contributed by atoms with van der Waals surface area (Å²) < 4.78 is 35.3. The molecule has 5 nitrogen and oxygen atoms in total. The van der Waals surface area contributed by atoms with Crippen LogP contribution in [-0.4, -0.2) is 39.0 Å². The van der Waals surface area contributed by atoms with E-state index >= 15 is 0 Å². The number of para-hydroxylation sites is 1. The molecule has 1 aromatic rings. The lowest BCUT2D eigenvalue weighted by molar-refractivity contribution is -0.167. The van der Waals surface area contributed by atoms with Crippen LogP contribution in [0.15, 0.2) is 30.3 Å². The minimum Gasteiger partial charge on any atom is -0.460 e. The lowest BCUT2D eigenvalue weighted by atomic mass is 10.3. The lowest BCUT2D eigenvalue weighted by Gasteiger charge is -2.35. The highest BCUT2D eigenvalue weighted by molar-refractivity contribution is 7.91. The van der Waals surface area contributed by atoms with E-state index < -0.39 is 21.0 Å². The Kier molecular flexibility index (Phi) is 4.13. The maximum Gasteiger partial charge on any atom is 0.237 e. The fraction of sp³-hybridized carbons (Fsp3) is 0.538. The summed E-state index contributed by atoms with van der Waals surface area (Å²) in [7, 11) is -3.34. The lowest BCUT2D eigenvalue weighted by Crippen LogP contribution is -2.56. The molecule has 1 N–H and O–H groups in total. The number of ether oxygens (including phenoxy) is 2. The van der Waals surface area contributed by atoms with E-state index in [1.165, 1.54) is 6.26 Å². The predicted molar refractivity (Wildman–Crippen MR) is 72.7 cm³/mol. The minimum atomic E-state index is -3.34. The maximum atomic E-state index is 11.9. The molecule has 0 aliphatic carbocycles. The molecule has 0 saturated carbocycles. The third-order valence-corrected chi connectivity index (χ3v) is 4.46. The fourth-order valence-corrected chi connectivity index (χ4v) is 3.50. The third-order valence-electron chi connectivity index (χ3n) is 3.01. The van der Waals surface area contributed by atoms with Crippen molar-refractivity contribution in [3.8, 4) is 5.75 Å². The standard InChI is InChI=1S/C13H19NO4S/c1-13(18-11-7-4-3-5-8-11)12(19(2,15)16)14-9-6-10-17-13/h3-5,7-8,12,14H,6,9-10H2,1-2H3. The van der Waals surface area contributed by atoms with Gasteiger partial charge in [-0.15, -0.1) is 0 Å². The number of nitrogens with one attached hydrogen (secondary N) is 1. The van der Waals surface area contributed by atoms with E-state index in [1.807, 2.05) is 18.2 Å². The van der Waals surface area contributed by atoms with Crippen LogP contribution in [0.1, 0.15) is 13.3 Å². The molecule has 0 aromatic heterocycles. The smallest absolute Gasteiger partial charge is 0.237 e. The van der Waals surface area contributed by atoms with Crippen molar-refractivity contribution in [2.45, 2.75) is 24.5 Å². The van der Waals surface area contributed by atoms with Crippen molar-refractivity contribution in [1.29, 1.82) is 0 Å². The summed E-state index contributed by atoms with van der Waals surface area (Å²) in [6.07, 6.45) is 1.94. The summed E-state index contributed by atoms with van der Waals surface area (Å²) >= 11 is 0. The van der Waals surface area contributed by atoms with E-state index in [0.717, 1.165) is 6.42 Å². The van der Waals surface area contributed by atoms with E-state index in [0.29, 0.717) is 18.9 Å². The van der Waals surface area contributed by atoms with Crippen LogP contribution >= 0.6 is 0 Å². The molecule has 0 spiro atoms. The van der Waals surface area contributed by atoms with Crippen LogP contribution in [0, 0.1) is 0 Å². The molecule has 0 radical (unpaired) electrons. The molecule has 1 aromatic carbocycles. The second kappa shape index (κ2) is 5.48. The second-order valence-corrected chi connectivity index (χ2v) is 6.93. The van der Waals surface area contributed by atoms with Gasteiger partial charge in [0.2, 0.25) is 5.79 Å². The first-order valence-electron chi connectivity index (χ1n) is 6.22. The maximum absolute atomic E-state index is 11.9. The largest absolute Gasteiger partial charge is 0.460 e. The summed E-state index contributed by atoms with van der Waals surface area (Å²) in [4.78, 5) is 0. The van der Waals surface area contributed by atoms with Crippen LogP contribution in [-0.2, 0) is 14.6 Å². The average molecular weight is 285 g/mol. The average Bonchev–Trinajstić information content (AvgIpc) is 2.51. The number of benzene rings is 1. The van der Waals surface area contributed by atoms with Crippen molar-refractivity contribution in [3.63, 3.8) is 0 Å². The zero-order chi connectivity index (χ0) is 13.9. The quantitative estimate of drug-likeness (QED) is 0.903.